The summed E-state index contributed by atoms with van der Waals surface area (Å²) in [7, 11) is 0. The van der Waals surface area contributed by atoms with Gasteiger partial charge in [-0.3, -0.25) is 0 Å². The lowest BCUT2D eigenvalue weighted by Crippen LogP contribution is -2.33. The van der Waals surface area contributed by atoms with Crippen molar-refractivity contribution >= 4 is 23.4 Å². The Hall–Kier alpha value is -2.54. The average molecular weight is 381 g/mol. The van der Waals surface area contributed by atoms with E-state index in [-0.39, 0.29) is 0 Å². The van der Waals surface area contributed by atoms with Gasteiger partial charge in [-0.25, -0.2) is 13.2 Å². The molecule has 0 aliphatic rings. The van der Waals surface area contributed by atoms with Crippen LogP contribution in [0.2, 0.25) is 5.15 Å². The van der Waals surface area contributed by atoms with Gasteiger partial charge in [-0.15, -0.1) is 16.5 Å². The molecule has 0 aliphatic carbocycles. The highest BCUT2D eigenvalue weighted by atomic mass is 35.5. The van der Waals surface area contributed by atoms with Crippen LogP contribution < -0.4 is 5.32 Å². The third-order valence-corrected chi connectivity index (χ3v) is 3.33. The second-order valence-corrected chi connectivity index (χ2v) is 5.16. The van der Waals surface area contributed by atoms with Crippen molar-refractivity contribution < 1.29 is 26.3 Å². The van der Waals surface area contributed by atoms with Gasteiger partial charge >= 0.3 is 12.1 Å². The molecule has 25 heavy (non-hydrogen) atoms. The third-order valence-electron chi connectivity index (χ3n) is 3.05. The second kappa shape index (κ2) is 6.76. The number of nitrogens with zero attached hydrogens (tertiary/aromatic N) is 3. The number of hydrogen-bond donors (Lipinski definition) is 1. The molecule has 2 rings (SSSR count). The van der Waals surface area contributed by atoms with Gasteiger partial charge in [0.05, 0.1) is 11.1 Å². The zero-order valence-corrected chi connectivity index (χ0v) is 13.0. The summed E-state index contributed by atoms with van der Waals surface area (Å²) in [5, 5.41) is 1.24. The van der Waals surface area contributed by atoms with Crippen molar-refractivity contribution in [2.75, 3.05) is 5.32 Å². The molecular weight excluding hydrogens is 374 g/mol. The molecule has 1 aromatic carbocycles. The summed E-state index contributed by atoms with van der Waals surface area (Å²) < 4.78 is 79.4. The Bertz CT molecular complexity index is 839. The first-order valence-corrected chi connectivity index (χ1v) is 6.85. The molecule has 1 atom stereocenters. The Balaban J connectivity index is 2.72. The molecule has 0 saturated carbocycles. The van der Waals surface area contributed by atoms with Gasteiger partial charge in [-0.05, 0) is 18.5 Å². The van der Waals surface area contributed by atoms with Crippen molar-refractivity contribution in [2.45, 2.75) is 19.1 Å². The molecule has 11 heteroatoms. The van der Waals surface area contributed by atoms with Gasteiger partial charge in [-0.1, -0.05) is 0 Å². The van der Waals surface area contributed by atoms with Gasteiger partial charge in [0.1, 0.15) is 23.5 Å². The summed E-state index contributed by atoms with van der Waals surface area (Å²) in [6.07, 6.45) is -4.72. The summed E-state index contributed by atoms with van der Waals surface area (Å²) in [4.78, 5) is 9.78. The zero-order chi connectivity index (χ0) is 18.9. The van der Waals surface area contributed by atoms with Crippen LogP contribution in [0.15, 0.2) is 12.1 Å². The zero-order valence-electron chi connectivity index (χ0n) is 12.2. The van der Waals surface area contributed by atoms with Crippen molar-refractivity contribution in [1.82, 2.24) is 9.97 Å². The Morgan fingerprint density at radius 3 is 2.16 bits per heavy atom. The normalized spacial score (nSPS) is 12.6. The number of halogens is 7. The molecule has 1 heterocycles. The topological polar surface area (TPSA) is 42.2 Å². The first kappa shape index (κ1) is 18.8. The van der Waals surface area contributed by atoms with Crippen molar-refractivity contribution in [1.29, 1.82) is 0 Å². The Morgan fingerprint density at radius 1 is 1.12 bits per heavy atom. The number of nitrogens with one attached hydrogen (secondary N) is 1. The SMILES string of the molecule is [C-]#[N+]c1nc(Cl)c(-c2c(F)cc(F)cc2F)c(N[C@@H](C)C(F)(F)F)n1. The molecule has 0 bridgehead atoms. The lowest BCUT2D eigenvalue weighted by molar-refractivity contribution is -0.138. The molecule has 4 nitrogen and oxygen atoms in total. The molecule has 0 radical (unpaired) electrons. The van der Waals surface area contributed by atoms with E-state index in [1.54, 1.807) is 0 Å². The number of alkyl halides is 3. The average Bonchev–Trinajstić information content (AvgIpc) is 2.47. The molecule has 2 aromatic rings. The van der Waals surface area contributed by atoms with Crippen molar-refractivity contribution in [3.63, 3.8) is 0 Å². The van der Waals surface area contributed by atoms with Crippen LogP contribution in [0.3, 0.4) is 0 Å². The molecular formula is C14H7ClF6N4. The number of aromatic nitrogens is 2. The van der Waals surface area contributed by atoms with Gasteiger partial charge in [0, 0.05) is 12.1 Å². The van der Waals surface area contributed by atoms with E-state index in [9.17, 15) is 26.3 Å². The smallest absolute Gasteiger partial charge is 0.394 e. The molecule has 1 aromatic heterocycles. The van der Waals surface area contributed by atoms with E-state index in [2.05, 4.69) is 14.8 Å². The van der Waals surface area contributed by atoms with E-state index in [4.69, 9.17) is 18.2 Å². The first-order valence-electron chi connectivity index (χ1n) is 6.47. The molecule has 0 unspecified atom stereocenters. The van der Waals surface area contributed by atoms with Gasteiger partial charge in [-0.2, -0.15) is 13.2 Å². The molecule has 0 saturated heterocycles. The molecule has 0 spiro atoms. The number of anilines is 1. The Labute approximate surface area is 142 Å². The van der Waals surface area contributed by atoms with Crippen LogP contribution in [0.5, 0.6) is 0 Å². The van der Waals surface area contributed by atoms with Crippen molar-refractivity contribution in [3.8, 4) is 11.1 Å². The lowest BCUT2D eigenvalue weighted by atomic mass is 10.1. The Kier molecular flexibility index (Phi) is 5.08. The van der Waals surface area contributed by atoms with Crippen LogP contribution in [0.25, 0.3) is 16.0 Å². The van der Waals surface area contributed by atoms with E-state index in [1.165, 1.54) is 0 Å². The maximum Gasteiger partial charge on any atom is 0.408 e. The molecule has 0 aliphatic heterocycles. The van der Waals surface area contributed by atoms with Crippen LogP contribution in [-0.4, -0.2) is 22.2 Å². The number of benzene rings is 1. The summed E-state index contributed by atoms with van der Waals surface area (Å²) in [6, 6.07) is -1.52. The maximum absolute atomic E-state index is 14.0. The monoisotopic (exact) mass is 380 g/mol. The number of rotatable bonds is 3. The second-order valence-electron chi connectivity index (χ2n) is 4.80. The van der Waals surface area contributed by atoms with E-state index in [0.717, 1.165) is 6.92 Å². The van der Waals surface area contributed by atoms with Gasteiger partial charge in [0.15, 0.2) is 5.82 Å². The fourth-order valence-corrected chi connectivity index (χ4v) is 2.13. The molecule has 1 N–H and O–H groups in total. The van der Waals surface area contributed by atoms with E-state index < -0.39 is 57.7 Å². The highest BCUT2D eigenvalue weighted by molar-refractivity contribution is 6.32. The lowest BCUT2D eigenvalue weighted by Gasteiger charge is -2.19. The van der Waals surface area contributed by atoms with E-state index >= 15 is 0 Å². The van der Waals surface area contributed by atoms with Gasteiger partial charge < -0.3 is 10.2 Å². The summed E-state index contributed by atoms with van der Waals surface area (Å²) in [5.74, 6) is -5.40. The summed E-state index contributed by atoms with van der Waals surface area (Å²) >= 11 is 5.79. The van der Waals surface area contributed by atoms with E-state index in [1.807, 2.05) is 5.32 Å². The fourth-order valence-electron chi connectivity index (χ4n) is 1.87. The Morgan fingerprint density at radius 2 is 1.68 bits per heavy atom. The van der Waals surface area contributed by atoms with Crippen LogP contribution >= 0.6 is 11.6 Å². The summed E-state index contributed by atoms with van der Waals surface area (Å²) in [5.41, 5.74) is -1.57. The van der Waals surface area contributed by atoms with Crippen LogP contribution in [0.1, 0.15) is 6.92 Å². The fraction of sp³-hybridized carbons (Fsp3) is 0.214. The molecule has 0 amide bonds. The van der Waals surface area contributed by atoms with Crippen molar-refractivity contribution in [2.24, 2.45) is 0 Å². The first-order chi connectivity index (χ1) is 11.5. The minimum atomic E-state index is -4.72. The van der Waals surface area contributed by atoms with Gasteiger partial charge in [0.25, 0.3) is 0 Å². The quantitative estimate of drug-likeness (QED) is 0.456. The standard InChI is InChI=1S/C14H7ClF6N4/c1-5(14(19,20)21)23-12-10(11(15)24-13(22-2)25-12)9-7(17)3-6(16)4-8(9)18/h3-5H,1H3,(H,23,24,25)/t5-/m0/s1. The highest BCUT2D eigenvalue weighted by Gasteiger charge is 2.38. The summed E-state index contributed by atoms with van der Waals surface area (Å²) in [6.45, 7) is 7.55. The largest absolute Gasteiger partial charge is 0.408 e. The predicted molar refractivity (Wildman–Crippen MR) is 77.8 cm³/mol. The number of hydrogen-bond acceptors (Lipinski definition) is 3. The van der Waals surface area contributed by atoms with Gasteiger partial charge in [0.2, 0.25) is 5.15 Å². The minimum Gasteiger partial charge on any atom is -0.394 e. The third kappa shape index (κ3) is 3.93. The highest BCUT2D eigenvalue weighted by Crippen LogP contribution is 2.38. The van der Waals surface area contributed by atoms with E-state index in [0.29, 0.717) is 12.1 Å². The van der Waals surface area contributed by atoms with Crippen LogP contribution in [-0.2, 0) is 0 Å². The minimum absolute atomic E-state index is 0.328. The van der Waals surface area contributed by atoms with Crippen molar-refractivity contribution in [3.05, 3.63) is 46.2 Å². The molecule has 132 valence electrons. The van der Waals surface area contributed by atoms with Crippen LogP contribution in [0.4, 0.5) is 38.1 Å². The predicted octanol–water partition coefficient (Wildman–Crippen LogP) is 5.13. The molecule has 0 fully saturated rings. The maximum atomic E-state index is 14.0. The van der Waals surface area contributed by atoms with Crippen LogP contribution in [0, 0.1) is 24.0 Å².